The van der Waals surface area contributed by atoms with Crippen molar-refractivity contribution < 1.29 is 4.74 Å². The summed E-state index contributed by atoms with van der Waals surface area (Å²) in [5.41, 5.74) is 0. The fraction of sp³-hybridized carbons (Fsp3) is 1.00. The Morgan fingerprint density at radius 3 is 1.14 bits per heavy atom. The van der Waals surface area contributed by atoms with Crippen LogP contribution in [-0.4, -0.2) is 37.7 Å². The molecule has 0 saturated heterocycles. The molecule has 0 saturated carbocycles. The van der Waals surface area contributed by atoms with Crippen molar-refractivity contribution in [3.05, 3.63) is 0 Å². The quantitative estimate of drug-likeness (QED) is 0.139. The van der Waals surface area contributed by atoms with Gasteiger partial charge in [0.1, 0.15) is 0 Å². The second-order valence-corrected chi connectivity index (χ2v) is 9.11. The van der Waals surface area contributed by atoms with Crippen LogP contribution >= 0.6 is 0 Å². The zero-order valence-corrected chi connectivity index (χ0v) is 20.8. The highest BCUT2D eigenvalue weighted by molar-refractivity contribution is 4.60. The van der Waals surface area contributed by atoms with Crippen LogP contribution in [0.1, 0.15) is 143 Å². The highest BCUT2D eigenvalue weighted by Crippen LogP contribution is 2.12. The Morgan fingerprint density at radius 2 is 0.759 bits per heavy atom. The molecule has 2 nitrogen and oxygen atoms in total. The van der Waals surface area contributed by atoms with E-state index in [-0.39, 0.29) is 0 Å². The van der Waals surface area contributed by atoms with E-state index in [1.165, 1.54) is 129 Å². The van der Waals surface area contributed by atoms with Crippen LogP contribution in [0.25, 0.3) is 0 Å². The monoisotopic (exact) mass is 411 g/mol. The van der Waals surface area contributed by atoms with Gasteiger partial charge in [0.25, 0.3) is 0 Å². The topological polar surface area (TPSA) is 12.5 Å². The number of hydrogen-bond donors (Lipinski definition) is 0. The first-order valence-electron chi connectivity index (χ1n) is 13.6. The molecule has 0 N–H and O–H groups in total. The van der Waals surface area contributed by atoms with E-state index in [1.807, 2.05) is 0 Å². The van der Waals surface area contributed by atoms with Crippen LogP contribution in [0.3, 0.4) is 0 Å². The number of unbranched alkanes of at least 4 members (excludes halogenated alkanes) is 16. The van der Waals surface area contributed by atoms with Crippen LogP contribution in [0.2, 0.25) is 0 Å². The van der Waals surface area contributed by atoms with Gasteiger partial charge in [-0.05, 0) is 32.4 Å². The lowest BCUT2D eigenvalue weighted by molar-refractivity contribution is 0.102. The molecule has 0 aliphatic rings. The third kappa shape index (κ3) is 24.1. The Balaban J connectivity index is 3.69. The van der Waals surface area contributed by atoms with Crippen LogP contribution in [-0.2, 0) is 4.74 Å². The Morgan fingerprint density at radius 1 is 0.379 bits per heavy atom. The van der Waals surface area contributed by atoms with Crippen molar-refractivity contribution in [3.8, 4) is 0 Å². The van der Waals surface area contributed by atoms with Gasteiger partial charge in [-0.3, -0.25) is 0 Å². The average molecular weight is 412 g/mol. The predicted molar refractivity (Wildman–Crippen MR) is 132 cm³/mol. The molecule has 0 aromatic rings. The van der Waals surface area contributed by atoms with Crippen molar-refractivity contribution >= 4 is 0 Å². The first kappa shape index (κ1) is 28.9. The zero-order chi connectivity index (χ0) is 21.3. The van der Waals surface area contributed by atoms with E-state index in [4.69, 9.17) is 4.74 Å². The molecule has 29 heavy (non-hydrogen) atoms. The van der Waals surface area contributed by atoms with Crippen LogP contribution in [0.15, 0.2) is 0 Å². The van der Waals surface area contributed by atoms with Gasteiger partial charge >= 0.3 is 0 Å². The molecule has 0 radical (unpaired) electrons. The molecule has 0 spiro atoms. The summed E-state index contributed by atoms with van der Waals surface area (Å²) in [6, 6.07) is 0. The molecule has 0 aliphatic heterocycles. The van der Waals surface area contributed by atoms with E-state index < -0.39 is 0 Å². The van der Waals surface area contributed by atoms with E-state index in [0.717, 1.165) is 26.2 Å². The third-order valence-corrected chi connectivity index (χ3v) is 6.06. The molecule has 0 fully saturated rings. The molecule has 0 atom stereocenters. The maximum absolute atomic E-state index is 5.75. The van der Waals surface area contributed by atoms with Crippen molar-refractivity contribution in [2.24, 2.45) is 0 Å². The summed E-state index contributed by atoms with van der Waals surface area (Å²) in [6.07, 6.45) is 26.7. The van der Waals surface area contributed by atoms with Crippen LogP contribution in [0.5, 0.6) is 0 Å². The summed E-state index contributed by atoms with van der Waals surface area (Å²) in [7, 11) is 0. The van der Waals surface area contributed by atoms with Gasteiger partial charge in [-0.2, -0.15) is 0 Å². The molecule has 0 heterocycles. The summed E-state index contributed by atoms with van der Waals surface area (Å²) >= 11 is 0. The summed E-state index contributed by atoms with van der Waals surface area (Å²) in [5.74, 6) is 0. The van der Waals surface area contributed by atoms with E-state index in [0.29, 0.717) is 0 Å². The fourth-order valence-corrected chi connectivity index (χ4v) is 4.07. The van der Waals surface area contributed by atoms with Crippen LogP contribution in [0.4, 0.5) is 0 Å². The number of nitrogens with zero attached hydrogens (tertiary/aromatic N) is 1. The fourth-order valence-electron chi connectivity index (χ4n) is 4.07. The minimum Gasteiger partial charge on any atom is -0.380 e. The van der Waals surface area contributed by atoms with Crippen LogP contribution < -0.4 is 0 Å². The van der Waals surface area contributed by atoms with Crippen molar-refractivity contribution in [2.45, 2.75) is 143 Å². The predicted octanol–water partition coefficient (Wildman–Crippen LogP) is 8.78. The molecule has 2 heteroatoms. The van der Waals surface area contributed by atoms with Gasteiger partial charge < -0.3 is 9.64 Å². The highest BCUT2D eigenvalue weighted by Gasteiger charge is 2.05. The minimum atomic E-state index is 0.919. The highest BCUT2D eigenvalue weighted by atomic mass is 16.5. The number of rotatable bonds is 25. The summed E-state index contributed by atoms with van der Waals surface area (Å²) in [5, 5.41) is 0. The maximum atomic E-state index is 5.75. The Bertz CT molecular complexity index is 260. The summed E-state index contributed by atoms with van der Waals surface area (Å²) < 4.78 is 5.75. The lowest BCUT2D eigenvalue weighted by Gasteiger charge is -2.22. The third-order valence-electron chi connectivity index (χ3n) is 6.06. The first-order chi connectivity index (χ1) is 14.3. The molecule has 0 unspecified atom stereocenters. The molecular weight excluding hydrogens is 354 g/mol. The molecule has 0 rings (SSSR count). The Kier molecular flexibility index (Phi) is 25.9. The molecule has 176 valence electrons. The smallest absolute Gasteiger partial charge is 0.0593 e. The Hall–Kier alpha value is -0.0800. The molecule has 0 aliphatic carbocycles. The van der Waals surface area contributed by atoms with Gasteiger partial charge in [-0.1, -0.05) is 124 Å². The van der Waals surface area contributed by atoms with Crippen LogP contribution in [0, 0.1) is 0 Å². The molecule has 0 aromatic heterocycles. The number of ether oxygens (including phenoxy) is 1. The van der Waals surface area contributed by atoms with E-state index >= 15 is 0 Å². The first-order valence-corrected chi connectivity index (χ1v) is 13.6. The molecular formula is C27H57NO. The average Bonchev–Trinajstić information content (AvgIpc) is 2.73. The molecule has 0 aromatic carbocycles. The van der Waals surface area contributed by atoms with Crippen molar-refractivity contribution in [2.75, 3.05) is 32.8 Å². The summed E-state index contributed by atoms with van der Waals surface area (Å²) in [4.78, 5) is 2.68. The standard InChI is InChI=1S/C27H57NO/c1-4-7-9-11-13-15-17-19-21-23-28(25-27-29-26-6-3)24-22-20-18-16-14-12-10-8-5-2/h4-27H2,1-3H3. The zero-order valence-electron chi connectivity index (χ0n) is 20.8. The molecule has 0 amide bonds. The lowest BCUT2D eigenvalue weighted by atomic mass is 10.1. The SMILES string of the molecule is CCCCCCCCCCCN(CCCCCCCCCCC)CCOCCC. The lowest BCUT2D eigenvalue weighted by Crippen LogP contribution is -2.30. The van der Waals surface area contributed by atoms with Gasteiger partial charge in [0.05, 0.1) is 6.61 Å². The second-order valence-electron chi connectivity index (χ2n) is 9.11. The van der Waals surface area contributed by atoms with E-state index in [1.54, 1.807) is 0 Å². The summed E-state index contributed by atoms with van der Waals surface area (Å²) in [6.45, 7) is 12.3. The maximum Gasteiger partial charge on any atom is 0.0593 e. The molecule has 0 bridgehead atoms. The minimum absolute atomic E-state index is 0.919. The van der Waals surface area contributed by atoms with E-state index in [9.17, 15) is 0 Å². The largest absolute Gasteiger partial charge is 0.380 e. The Labute approximate surface area is 185 Å². The normalized spacial score (nSPS) is 11.6. The van der Waals surface area contributed by atoms with Gasteiger partial charge in [0.2, 0.25) is 0 Å². The van der Waals surface area contributed by atoms with Gasteiger partial charge in [0.15, 0.2) is 0 Å². The van der Waals surface area contributed by atoms with Gasteiger partial charge in [-0.15, -0.1) is 0 Å². The number of hydrogen-bond acceptors (Lipinski definition) is 2. The van der Waals surface area contributed by atoms with Crippen molar-refractivity contribution in [3.63, 3.8) is 0 Å². The van der Waals surface area contributed by atoms with E-state index in [2.05, 4.69) is 25.7 Å². The van der Waals surface area contributed by atoms with Gasteiger partial charge in [-0.25, -0.2) is 0 Å². The van der Waals surface area contributed by atoms with Crippen molar-refractivity contribution in [1.29, 1.82) is 0 Å². The second kappa shape index (κ2) is 26.0. The van der Waals surface area contributed by atoms with Crippen molar-refractivity contribution in [1.82, 2.24) is 4.90 Å². The van der Waals surface area contributed by atoms with Gasteiger partial charge in [0, 0.05) is 13.2 Å².